The molecule has 2 unspecified atom stereocenters. The van der Waals surface area contributed by atoms with E-state index in [0.717, 1.165) is 30.8 Å². The molecule has 0 radical (unpaired) electrons. The second kappa shape index (κ2) is 5.51. The van der Waals surface area contributed by atoms with Gasteiger partial charge in [0.2, 0.25) is 0 Å². The first-order chi connectivity index (χ1) is 9.29. The number of hydrogen-bond acceptors (Lipinski definition) is 3. The zero-order chi connectivity index (χ0) is 13.2. The molecule has 2 atom stereocenters. The van der Waals surface area contributed by atoms with Gasteiger partial charge in [-0.05, 0) is 50.0 Å². The summed E-state index contributed by atoms with van der Waals surface area (Å²) >= 11 is 0. The summed E-state index contributed by atoms with van der Waals surface area (Å²) < 4.78 is 5.86. The number of aryl methyl sites for hydroxylation is 1. The Balaban J connectivity index is 1.83. The molecule has 3 rings (SSSR count). The van der Waals surface area contributed by atoms with Crippen molar-refractivity contribution in [3.8, 4) is 5.75 Å². The van der Waals surface area contributed by atoms with Crippen molar-refractivity contribution >= 4 is 0 Å². The Kier molecular flexibility index (Phi) is 3.76. The molecule has 2 aliphatic rings. The molecule has 0 amide bonds. The van der Waals surface area contributed by atoms with Crippen molar-refractivity contribution in [3.05, 3.63) is 29.3 Å². The van der Waals surface area contributed by atoms with Crippen LogP contribution in [0.15, 0.2) is 18.2 Å². The summed E-state index contributed by atoms with van der Waals surface area (Å²) in [5.74, 6) is 0.859. The van der Waals surface area contributed by atoms with E-state index in [2.05, 4.69) is 24.0 Å². The Bertz CT molecular complexity index is 440. The summed E-state index contributed by atoms with van der Waals surface area (Å²) in [4.78, 5) is 2.40. The van der Waals surface area contributed by atoms with Gasteiger partial charge < -0.3 is 9.84 Å². The summed E-state index contributed by atoms with van der Waals surface area (Å²) in [6.45, 7) is 4.93. The monoisotopic (exact) mass is 261 g/mol. The molecule has 1 N–H and O–H groups in total. The van der Waals surface area contributed by atoms with Crippen LogP contribution in [-0.4, -0.2) is 35.7 Å². The smallest absolute Gasteiger partial charge is 0.125 e. The van der Waals surface area contributed by atoms with Crippen molar-refractivity contribution in [1.29, 1.82) is 0 Å². The van der Waals surface area contributed by atoms with E-state index in [-0.39, 0.29) is 6.04 Å². The van der Waals surface area contributed by atoms with Crippen molar-refractivity contribution < 1.29 is 9.84 Å². The number of aliphatic hydroxyl groups is 1. The molecular weight excluding hydrogens is 238 g/mol. The highest BCUT2D eigenvalue weighted by Gasteiger charge is 2.34. The summed E-state index contributed by atoms with van der Waals surface area (Å²) in [6, 6.07) is 6.33. The van der Waals surface area contributed by atoms with Crippen molar-refractivity contribution in [2.45, 2.75) is 44.8 Å². The van der Waals surface area contributed by atoms with E-state index in [1.54, 1.807) is 0 Å². The number of piperidine rings is 1. The SMILES string of the molecule is CCc1ccc2c(c1)C(O)C(N1CCCCC1)CO2. The normalized spacial score (nSPS) is 27.7. The average molecular weight is 261 g/mol. The highest BCUT2D eigenvalue weighted by molar-refractivity contribution is 5.41. The molecule has 104 valence electrons. The molecule has 0 spiro atoms. The van der Waals surface area contributed by atoms with Crippen LogP contribution in [0.2, 0.25) is 0 Å². The third-order valence-electron chi connectivity index (χ3n) is 4.43. The van der Waals surface area contributed by atoms with E-state index in [4.69, 9.17) is 4.74 Å². The number of nitrogens with zero attached hydrogens (tertiary/aromatic N) is 1. The lowest BCUT2D eigenvalue weighted by molar-refractivity contribution is -0.00439. The van der Waals surface area contributed by atoms with Crippen LogP contribution in [0.4, 0.5) is 0 Å². The lowest BCUT2D eigenvalue weighted by atomic mass is 9.94. The van der Waals surface area contributed by atoms with Crippen molar-refractivity contribution in [2.75, 3.05) is 19.7 Å². The van der Waals surface area contributed by atoms with Crippen LogP contribution >= 0.6 is 0 Å². The first-order valence-corrected chi connectivity index (χ1v) is 7.47. The quantitative estimate of drug-likeness (QED) is 0.888. The number of rotatable bonds is 2. The molecule has 0 saturated carbocycles. The Labute approximate surface area is 115 Å². The van der Waals surface area contributed by atoms with Gasteiger partial charge in [0.15, 0.2) is 0 Å². The third-order valence-corrected chi connectivity index (χ3v) is 4.43. The van der Waals surface area contributed by atoms with E-state index in [0.29, 0.717) is 6.61 Å². The third kappa shape index (κ3) is 2.49. The fourth-order valence-electron chi connectivity index (χ4n) is 3.21. The van der Waals surface area contributed by atoms with E-state index in [1.165, 1.54) is 24.8 Å². The van der Waals surface area contributed by atoms with Gasteiger partial charge in [0, 0.05) is 5.56 Å². The number of aliphatic hydroxyl groups excluding tert-OH is 1. The average Bonchev–Trinajstić information content (AvgIpc) is 2.48. The molecule has 0 aromatic heterocycles. The fraction of sp³-hybridized carbons (Fsp3) is 0.625. The number of fused-ring (bicyclic) bond motifs is 1. The highest BCUT2D eigenvalue weighted by Crippen LogP contribution is 2.35. The summed E-state index contributed by atoms with van der Waals surface area (Å²) in [6.07, 6.45) is 4.38. The Hall–Kier alpha value is -1.06. The standard InChI is InChI=1S/C16H23NO2/c1-2-12-6-7-15-13(10-12)16(18)14(11-19-15)17-8-4-3-5-9-17/h6-7,10,14,16,18H,2-5,8-9,11H2,1H3. The largest absolute Gasteiger partial charge is 0.491 e. The fourth-order valence-corrected chi connectivity index (χ4v) is 3.21. The predicted octanol–water partition coefficient (Wildman–Crippen LogP) is 2.53. The summed E-state index contributed by atoms with van der Waals surface area (Å²) in [5, 5.41) is 10.7. The lowest BCUT2D eigenvalue weighted by Gasteiger charge is -2.40. The Morgan fingerprint density at radius 1 is 1.26 bits per heavy atom. The van der Waals surface area contributed by atoms with Gasteiger partial charge in [-0.1, -0.05) is 19.4 Å². The number of likely N-dealkylation sites (tertiary alicyclic amines) is 1. The van der Waals surface area contributed by atoms with Crippen LogP contribution in [0.5, 0.6) is 5.75 Å². The van der Waals surface area contributed by atoms with Crippen molar-refractivity contribution in [2.24, 2.45) is 0 Å². The molecule has 1 aromatic rings. The van der Waals surface area contributed by atoms with Gasteiger partial charge in [0.1, 0.15) is 18.5 Å². The van der Waals surface area contributed by atoms with Gasteiger partial charge in [-0.15, -0.1) is 0 Å². The van der Waals surface area contributed by atoms with Gasteiger partial charge in [0.05, 0.1) is 6.04 Å². The minimum atomic E-state index is -0.409. The highest BCUT2D eigenvalue weighted by atomic mass is 16.5. The molecule has 2 heterocycles. The van der Waals surface area contributed by atoms with E-state index in [9.17, 15) is 5.11 Å². The van der Waals surface area contributed by atoms with Crippen LogP contribution in [0.25, 0.3) is 0 Å². The minimum absolute atomic E-state index is 0.125. The van der Waals surface area contributed by atoms with E-state index in [1.807, 2.05) is 6.07 Å². The first-order valence-electron chi connectivity index (χ1n) is 7.47. The maximum Gasteiger partial charge on any atom is 0.125 e. The van der Waals surface area contributed by atoms with Crippen LogP contribution in [0.3, 0.4) is 0 Å². The van der Waals surface area contributed by atoms with Gasteiger partial charge >= 0.3 is 0 Å². The molecule has 3 nitrogen and oxygen atoms in total. The number of hydrogen-bond donors (Lipinski definition) is 1. The van der Waals surface area contributed by atoms with Crippen LogP contribution in [0, 0.1) is 0 Å². The zero-order valence-corrected chi connectivity index (χ0v) is 11.6. The predicted molar refractivity (Wildman–Crippen MR) is 75.5 cm³/mol. The molecule has 19 heavy (non-hydrogen) atoms. The Morgan fingerprint density at radius 3 is 2.79 bits per heavy atom. The Morgan fingerprint density at radius 2 is 2.05 bits per heavy atom. The molecule has 1 saturated heterocycles. The van der Waals surface area contributed by atoms with Crippen LogP contribution in [0.1, 0.15) is 43.4 Å². The maximum atomic E-state index is 10.7. The van der Waals surface area contributed by atoms with Gasteiger partial charge in [-0.2, -0.15) is 0 Å². The molecule has 1 fully saturated rings. The molecule has 2 aliphatic heterocycles. The van der Waals surface area contributed by atoms with Gasteiger partial charge in [-0.25, -0.2) is 0 Å². The molecule has 1 aromatic carbocycles. The zero-order valence-electron chi connectivity index (χ0n) is 11.6. The molecular formula is C16H23NO2. The second-order valence-electron chi connectivity index (χ2n) is 5.65. The maximum absolute atomic E-state index is 10.7. The van der Waals surface area contributed by atoms with Crippen molar-refractivity contribution in [3.63, 3.8) is 0 Å². The minimum Gasteiger partial charge on any atom is -0.491 e. The van der Waals surface area contributed by atoms with Crippen molar-refractivity contribution in [1.82, 2.24) is 4.90 Å². The van der Waals surface area contributed by atoms with Crippen LogP contribution < -0.4 is 4.74 Å². The number of benzene rings is 1. The van der Waals surface area contributed by atoms with Crippen LogP contribution in [-0.2, 0) is 6.42 Å². The topological polar surface area (TPSA) is 32.7 Å². The summed E-state index contributed by atoms with van der Waals surface area (Å²) in [7, 11) is 0. The lowest BCUT2D eigenvalue weighted by Crippen LogP contribution is -2.48. The van der Waals surface area contributed by atoms with E-state index < -0.39 is 6.10 Å². The molecule has 0 bridgehead atoms. The van der Waals surface area contributed by atoms with Gasteiger partial charge in [0.25, 0.3) is 0 Å². The number of ether oxygens (including phenoxy) is 1. The summed E-state index contributed by atoms with van der Waals surface area (Å²) in [5.41, 5.74) is 2.24. The first kappa shape index (κ1) is 12.9. The molecule has 0 aliphatic carbocycles. The van der Waals surface area contributed by atoms with E-state index >= 15 is 0 Å². The second-order valence-corrected chi connectivity index (χ2v) is 5.65. The molecule has 3 heteroatoms. The van der Waals surface area contributed by atoms with Gasteiger partial charge in [-0.3, -0.25) is 4.90 Å².